The molecule has 2 unspecified atom stereocenters. The van der Waals surface area contributed by atoms with Crippen LogP contribution < -0.4 is 5.32 Å². The summed E-state index contributed by atoms with van der Waals surface area (Å²) < 4.78 is 38.2. The van der Waals surface area contributed by atoms with Gasteiger partial charge in [-0.15, -0.1) is 0 Å². The first-order valence-electron chi connectivity index (χ1n) is 6.27. The van der Waals surface area contributed by atoms with Crippen LogP contribution in [0.25, 0.3) is 0 Å². The molecule has 1 fully saturated rings. The Bertz CT molecular complexity index is 405. The minimum atomic E-state index is -4.14. The fourth-order valence-corrected chi connectivity index (χ4v) is 2.67. The van der Waals surface area contributed by atoms with Crippen LogP contribution in [0.2, 0.25) is 0 Å². The lowest BCUT2D eigenvalue weighted by Crippen LogP contribution is -2.46. The average Bonchev–Trinajstić information content (AvgIpc) is 2.27. The highest BCUT2D eigenvalue weighted by molar-refractivity contribution is 5.31. The standard InChI is InChI=1S/C14H18F3N/c1-9-6-10(2)8-11(7-9)12-4-3-5-13(18-12)14(15,16)17/h6-8,12-13,18H,3-5H2,1-2H3. The van der Waals surface area contributed by atoms with Crippen molar-refractivity contribution in [2.75, 3.05) is 0 Å². The Morgan fingerprint density at radius 1 is 1.06 bits per heavy atom. The Kier molecular flexibility index (Phi) is 3.66. The van der Waals surface area contributed by atoms with Gasteiger partial charge in [-0.05, 0) is 38.7 Å². The summed E-state index contributed by atoms with van der Waals surface area (Å²) in [5.41, 5.74) is 3.17. The van der Waals surface area contributed by atoms with Crippen molar-refractivity contribution < 1.29 is 13.2 Å². The quantitative estimate of drug-likeness (QED) is 0.800. The van der Waals surface area contributed by atoms with Crippen molar-refractivity contribution in [1.29, 1.82) is 0 Å². The molecule has 2 rings (SSSR count). The van der Waals surface area contributed by atoms with Gasteiger partial charge in [0.2, 0.25) is 0 Å². The van der Waals surface area contributed by atoms with Gasteiger partial charge < -0.3 is 0 Å². The molecule has 0 aliphatic carbocycles. The van der Waals surface area contributed by atoms with Gasteiger partial charge in [0.25, 0.3) is 0 Å². The molecule has 1 heterocycles. The fourth-order valence-electron chi connectivity index (χ4n) is 2.67. The SMILES string of the molecule is Cc1cc(C)cc(C2CCCC(C(F)(F)F)N2)c1. The molecule has 0 bridgehead atoms. The highest BCUT2D eigenvalue weighted by Gasteiger charge is 2.42. The Hall–Kier alpha value is -1.03. The monoisotopic (exact) mass is 257 g/mol. The Labute approximate surface area is 105 Å². The van der Waals surface area contributed by atoms with Gasteiger partial charge in [0.1, 0.15) is 6.04 Å². The van der Waals surface area contributed by atoms with E-state index in [9.17, 15) is 13.2 Å². The van der Waals surface area contributed by atoms with Crippen LogP contribution in [0, 0.1) is 13.8 Å². The Morgan fingerprint density at radius 2 is 1.67 bits per heavy atom. The lowest BCUT2D eigenvalue weighted by atomic mass is 9.91. The van der Waals surface area contributed by atoms with E-state index in [1.807, 2.05) is 32.0 Å². The van der Waals surface area contributed by atoms with Crippen LogP contribution in [0.1, 0.15) is 42.0 Å². The number of nitrogens with one attached hydrogen (secondary N) is 1. The van der Waals surface area contributed by atoms with Gasteiger partial charge in [-0.25, -0.2) is 0 Å². The van der Waals surface area contributed by atoms with Crippen LogP contribution in [-0.2, 0) is 0 Å². The first-order valence-corrected chi connectivity index (χ1v) is 6.27. The summed E-state index contributed by atoms with van der Waals surface area (Å²) in [4.78, 5) is 0. The molecule has 1 nitrogen and oxygen atoms in total. The second kappa shape index (κ2) is 4.92. The summed E-state index contributed by atoms with van der Waals surface area (Å²) in [6.07, 6.45) is -2.56. The molecule has 2 atom stereocenters. The van der Waals surface area contributed by atoms with Crippen molar-refractivity contribution in [3.05, 3.63) is 34.9 Å². The number of benzene rings is 1. The zero-order valence-corrected chi connectivity index (χ0v) is 10.6. The molecule has 1 aromatic rings. The largest absolute Gasteiger partial charge is 0.403 e. The number of piperidine rings is 1. The lowest BCUT2D eigenvalue weighted by Gasteiger charge is -2.32. The molecule has 4 heteroatoms. The molecule has 0 radical (unpaired) electrons. The van der Waals surface area contributed by atoms with Gasteiger partial charge in [-0.2, -0.15) is 13.2 Å². The van der Waals surface area contributed by atoms with Gasteiger partial charge in [-0.3, -0.25) is 5.32 Å². The molecule has 1 N–H and O–H groups in total. The van der Waals surface area contributed by atoms with Crippen LogP contribution in [0.3, 0.4) is 0 Å². The Balaban J connectivity index is 2.18. The molecule has 0 amide bonds. The third-order valence-electron chi connectivity index (χ3n) is 3.43. The van der Waals surface area contributed by atoms with Crippen molar-refractivity contribution in [2.45, 2.75) is 51.4 Å². The molecular weight excluding hydrogens is 239 g/mol. The maximum Gasteiger partial charge on any atom is 0.403 e. The summed E-state index contributed by atoms with van der Waals surface area (Å²) in [6.45, 7) is 3.95. The maximum absolute atomic E-state index is 12.7. The van der Waals surface area contributed by atoms with E-state index in [0.29, 0.717) is 6.42 Å². The maximum atomic E-state index is 12.7. The third-order valence-corrected chi connectivity index (χ3v) is 3.43. The smallest absolute Gasteiger partial charge is 0.299 e. The number of hydrogen-bond acceptors (Lipinski definition) is 1. The minimum Gasteiger partial charge on any atom is -0.299 e. The van der Waals surface area contributed by atoms with E-state index in [4.69, 9.17) is 0 Å². The van der Waals surface area contributed by atoms with Crippen molar-refractivity contribution >= 4 is 0 Å². The van der Waals surface area contributed by atoms with Crippen LogP contribution in [0.5, 0.6) is 0 Å². The van der Waals surface area contributed by atoms with Gasteiger partial charge in [0.15, 0.2) is 0 Å². The Morgan fingerprint density at radius 3 is 2.22 bits per heavy atom. The van der Waals surface area contributed by atoms with Crippen LogP contribution in [-0.4, -0.2) is 12.2 Å². The summed E-state index contributed by atoms with van der Waals surface area (Å²) in [7, 11) is 0. The summed E-state index contributed by atoms with van der Waals surface area (Å²) in [6, 6.07) is 4.45. The van der Waals surface area contributed by atoms with E-state index in [1.165, 1.54) is 0 Å². The van der Waals surface area contributed by atoms with E-state index < -0.39 is 12.2 Å². The van der Waals surface area contributed by atoms with Crippen LogP contribution >= 0.6 is 0 Å². The second-order valence-corrected chi connectivity index (χ2v) is 5.17. The summed E-state index contributed by atoms with van der Waals surface area (Å²) >= 11 is 0. The van der Waals surface area contributed by atoms with E-state index >= 15 is 0 Å². The first-order chi connectivity index (χ1) is 8.36. The molecule has 0 saturated carbocycles. The zero-order valence-electron chi connectivity index (χ0n) is 10.6. The van der Waals surface area contributed by atoms with E-state index in [0.717, 1.165) is 23.1 Å². The average molecular weight is 257 g/mol. The third kappa shape index (κ3) is 3.05. The second-order valence-electron chi connectivity index (χ2n) is 5.17. The number of halogens is 3. The van der Waals surface area contributed by atoms with Crippen molar-refractivity contribution in [1.82, 2.24) is 5.32 Å². The zero-order chi connectivity index (χ0) is 13.3. The van der Waals surface area contributed by atoms with Crippen molar-refractivity contribution in [3.8, 4) is 0 Å². The van der Waals surface area contributed by atoms with Crippen LogP contribution in [0.4, 0.5) is 13.2 Å². The summed E-state index contributed by atoms with van der Waals surface area (Å²) in [5.74, 6) is 0. The minimum absolute atomic E-state index is 0.177. The van der Waals surface area contributed by atoms with Crippen LogP contribution in [0.15, 0.2) is 18.2 Å². The van der Waals surface area contributed by atoms with Gasteiger partial charge >= 0.3 is 6.18 Å². The predicted molar refractivity (Wildman–Crippen MR) is 65.5 cm³/mol. The molecule has 0 spiro atoms. The molecule has 1 saturated heterocycles. The predicted octanol–water partition coefficient (Wildman–Crippen LogP) is 4.05. The number of aryl methyl sites for hydroxylation is 2. The lowest BCUT2D eigenvalue weighted by molar-refractivity contribution is -0.163. The van der Waals surface area contributed by atoms with Crippen molar-refractivity contribution in [3.63, 3.8) is 0 Å². The highest BCUT2D eigenvalue weighted by Crippen LogP contribution is 2.33. The molecule has 18 heavy (non-hydrogen) atoms. The van der Waals surface area contributed by atoms with E-state index in [-0.39, 0.29) is 12.5 Å². The van der Waals surface area contributed by atoms with E-state index in [2.05, 4.69) is 5.32 Å². The van der Waals surface area contributed by atoms with Gasteiger partial charge in [0, 0.05) is 6.04 Å². The topological polar surface area (TPSA) is 12.0 Å². The number of rotatable bonds is 1. The fraction of sp³-hybridized carbons (Fsp3) is 0.571. The van der Waals surface area contributed by atoms with Gasteiger partial charge in [-0.1, -0.05) is 29.3 Å². The number of alkyl halides is 3. The highest BCUT2D eigenvalue weighted by atomic mass is 19.4. The molecule has 1 aliphatic heterocycles. The number of hydrogen-bond donors (Lipinski definition) is 1. The first kappa shape index (κ1) is 13.4. The normalized spacial score (nSPS) is 25.2. The molecular formula is C14H18F3N. The molecule has 100 valence electrons. The van der Waals surface area contributed by atoms with Crippen molar-refractivity contribution in [2.24, 2.45) is 0 Å². The summed E-state index contributed by atoms with van der Waals surface area (Å²) in [5, 5.41) is 2.74. The molecule has 1 aliphatic rings. The van der Waals surface area contributed by atoms with Gasteiger partial charge in [0.05, 0.1) is 0 Å². The van der Waals surface area contributed by atoms with E-state index in [1.54, 1.807) is 0 Å². The molecule has 1 aromatic carbocycles. The molecule has 0 aromatic heterocycles.